The summed E-state index contributed by atoms with van der Waals surface area (Å²) >= 11 is 6.76. The number of piperazine rings is 1. The zero-order valence-electron chi connectivity index (χ0n) is 23.5. The second-order valence-corrected chi connectivity index (χ2v) is 11.3. The lowest BCUT2D eigenvalue weighted by Gasteiger charge is -2.36. The molecule has 0 radical (unpaired) electrons. The number of nitrogens with zero attached hydrogens (tertiary/aromatic N) is 5. The number of hydrogen-bond acceptors (Lipinski definition) is 7. The Hall–Kier alpha value is -4.16. The van der Waals surface area contributed by atoms with Gasteiger partial charge in [0.05, 0.1) is 5.02 Å². The van der Waals surface area contributed by atoms with E-state index in [0.717, 1.165) is 4.90 Å². The van der Waals surface area contributed by atoms with E-state index in [2.05, 4.69) is 21.9 Å². The van der Waals surface area contributed by atoms with Gasteiger partial charge in [0.25, 0.3) is 0 Å². The van der Waals surface area contributed by atoms with Crippen LogP contribution < -0.4 is 15.1 Å². The van der Waals surface area contributed by atoms with Gasteiger partial charge in [0.1, 0.15) is 23.6 Å². The van der Waals surface area contributed by atoms with E-state index in [1.54, 1.807) is 40.1 Å². The summed E-state index contributed by atoms with van der Waals surface area (Å²) in [6.07, 6.45) is -2.92. The molecule has 2 aliphatic rings. The number of aromatic hydroxyl groups is 1. The van der Waals surface area contributed by atoms with Gasteiger partial charge in [0.15, 0.2) is 5.82 Å². The highest BCUT2D eigenvalue weighted by Gasteiger charge is 2.37. The first kappa shape index (κ1) is 29.9. The third-order valence-electron chi connectivity index (χ3n) is 8.11. The van der Waals surface area contributed by atoms with Crippen LogP contribution in [0.25, 0.3) is 32.8 Å². The van der Waals surface area contributed by atoms with Crippen LogP contribution in [0.15, 0.2) is 55.1 Å². The molecule has 0 saturated carbocycles. The van der Waals surface area contributed by atoms with Gasteiger partial charge in [-0.3, -0.25) is 4.79 Å². The molecule has 2 N–H and O–H groups in total. The number of benzene rings is 3. The molecule has 2 saturated heterocycles. The van der Waals surface area contributed by atoms with E-state index in [0.29, 0.717) is 62.0 Å². The summed E-state index contributed by atoms with van der Waals surface area (Å²) in [4.78, 5) is 25.7. The van der Waals surface area contributed by atoms with Crippen LogP contribution in [0.5, 0.6) is 5.75 Å². The van der Waals surface area contributed by atoms with Crippen LogP contribution >= 0.6 is 11.6 Å². The second-order valence-electron chi connectivity index (χ2n) is 10.9. The van der Waals surface area contributed by atoms with Crippen molar-refractivity contribution in [2.45, 2.75) is 18.6 Å². The van der Waals surface area contributed by atoms with Gasteiger partial charge in [-0.2, -0.15) is 18.2 Å². The van der Waals surface area contributed by atoms with Crippen molar-refractivity contribution < 1.29 is 27.5 Å². The lowest BCUT2D eigenvalue weighted by Crippen LogP contribution is -2.49. The number of phenolic OH excluding ortho intramolecular Hbond substituents is 1. The molecule has 13 heteroatoms. The molecular weight excluding hydrogens is 600 g/mol. The number of hydrogen-bond donors (Lipinski definition) is 2. The van der Waals surface area contributed by atoms with E-state index >= 15 is 4.39 Å². The largest absolute Gasteiger partial charge is 0.508 e. The van der Waals surface area contributed by atoms with Gasteiger partial charge < -0.3 is 25.1 Å². The van der Waals surface area contributed by atoms with Crippen LogP contribution in [0, 0.1) is 5.82 Å². The smallest absolute Gasteiger partial charge is 0.406 e. The van der Waals surface area contributed by atoms with E-state index in [9.17, 15) is 23.1 Å². The fraction of sp³-hybridized carbons (Fsp3) is 0.323. The van der Waals surface area contributed by atoms with Crippen molar-refractivity contribution in [1.82, 2.24) is 20.2 Å². The average molecular weight is 629 g/mol. The molecule has 44 heavy (non-hydrogen) atoms. The molecular formula is C31H29ClF4N6O2. The maximum Gasteiger partial charge on any atom is 0.406 e. The quantitative estimate of drug-likeness (QED) is 0.215. The number of anilines is 2. The molecule has 1 amide bonds. The number of fused-ring (bicyclic) bond motifs is 2. The first-order chi connectivity index (χ1) is 21.0. The van der Waals surface area contributed by atoms with Crippen molar-refractivity contribution >= 4 is 50.9 Å². The Kier molecular flexibility index (Phi) is 7.97. The maximum absolute atomic E-state index is 16.8. The number of phenols is 1. The average Bonchev–Trinajstić information content (AvgIpc) is 3.54. The zero-order chi connectivity index (χ0) is 31.2. The van der Waals surface area contributed by atoms with Crippen molar-refractivity contribution in [3.8, 4) is 16.9 Å². The van der Waals surface area contributed by atoms with Gasteiger partial charge in [-0.25, -0.2) is 9.37 Å². The lowest BCUT2D eigenvalue weighted by molar-refractivity contribution is -0.126. The lowest BCUT2D eigenvalue weighted by atomic mass is 9.96. The monoisotopic (exact) mass is 628 g/mol. The number of alkyl halides is 3. The fourth-order valence-electron chi connectivity index (χ4n) is 6.02. The predicted molar refractivity (Wildman–Crippen MR) is 163 cm³/mol. The van der Waals surface area contributed by atoms with Gasteiger partial charge in [0.2, 0.25) is 11.9 Å². The van der Waals surface area contributed by atoms with Crippen LogP contribution in [-0.4, -0.2) is 83.9 Å². The summed E-state index contributed by atoms with van der Waals surface area (Å²) in [5.41, 5.74) is 0.0862. The second kappa shape index (κ2) is 11.7. The molecule has 0 spiro atoms. The summed E-state index contributed by atoms with van der Waals surface area (Å²) in [6.45, 7) is 4.26. The first-order valence-corrected chi connectivity index (χ1v) is 14.5. The summed E-state index contributed by atoms with van der Waals surface area (Å²) < 4.78 is 58.4. The van der Waals surface area contributed by atoms with Crippen molar-refractivity contribution in [3.05, 3.63) is 66.0 Å². The van der Waals surface area contributed by atoms with E-state index in [4.69, 9.17) is 11.6 Å². The third-order valence-corrected chi connectivity index (χ3v) is 8.41. The standard InChI is InChI=1S/C31H29ClF4N6O2/c1-2-25(44)40-9-11-41(12-10-40)29-23-15-24(32)26(22-14-20(43)13-18-5-3-4-6-21(18)22)27(33)28(23)38-30(39-29)42(17-31(34,35)36)19-7-8-37-16-19/h2-6,13-15,19,37,43H,1,7-12,16-17H2. The van der Waals surface area contributed by atoms with Crippen molar-refractivity contribution in [1.29, 1.82) is 0 Å². The minimum atomic E-state index is -4.57. The van der Waals surface area contributed by atoms with Crippen LogP contribution in [0.3, 0.4) is 0 Å². The molecule has 1 aromatic heterocycles. The van der Waals surface area contributed by atoms with Crippen LogP contribution in [0.4, 0.5) is 29.3 Å². The fourth-order valence-corrected chi connectivity index (χ4v) is 6.31. The summed E-state index contributed by atoms with van der Waals surface area (Å²) in [5.74, 6) is -1.21. The van der Waals surface area contributed by atoms with Crippen LogP contribution in [0.2, 0.25) is 5.02 Å². The van der Waals surface area contributed by atoms with Gasteiger partial charge in [-0.15, -0.1) is 0 Å². The third kappa shape index (κ3) is 5.71. The number of amides is 1. The Morgan fingerprint density at radius 3 is 2.57 bits per heavy atom. The molecule has 0 aliphatic carbocycles. The minimum Gasteiger partial charge on any atom is -0.508 e. The number of aromatic nitrogens is 2. The molecule has 8 nitrogen and oxygen atoms in total. The molecule has 3 aromatic carbocycles. The van der Waals surface area contributed by atoms with Gasteiger partial charge >= 0.3 is 6.18 Å². The highest BCUT2D eigenvalue weighted by molar-refractivity contribution is 6.35. The SMILES string of the molecule is C=CC(=O)N1CCN(c2nc(N(CC(F)(F)F)C3CCNC3)nc3c(F)c(-c4cc(O)cc5ccccc45)c(Cl)cc23)CC1. The number of halogens is 5. The highest BCUT2D eigenvalue weighted by Crippen LogP contribution is 2.43. The molecule has 4 aromatic rings. The number of rotatable bonds is 6. The Labute approximate surface area is 255 Å². The number of carbonyl (C=O) groups excluding carboxylic acids is 1. The molecule has 2 aliphatic heterocycles. The molecule has 3 heterocycles. The number of carbonyl (C=O) groups is 1. The minimum absolute atomic E-state index is 0.0240. The van der Waals surface area contributed by atoms with Crippen molar-refractivity contribution in [2.24, 2.45) is 0 Å². The first-order valence-electron chi connectivity index (χ1n) is 14.2. The number of nitrogens with one attached hydrogen (secondary N) is 1. The summed E-state index contributed by atoms with van der Waals surface area (Å²) in [7, 11) is 0. The molecule has 230 valence electrons. The van der Waals surface area contributed by atoms with Gasteiger partial charge in [0, 0.05) is 49.7 Å². The maximum atomic E-state index is 16.8. The highest BCUT2D eigenvalue weighted by atomic mass is 35.5. The predicted octanol–water partition coefficient (Wildman–Crippen LogP) is 5.51. The van der Waals surface area contributed by atoms with Gasteiger partial charge in [-0.05, 0) is 53.6 Å². The Morgan fingerprint density at radius 1 is 1.14 bits per heavy atom. The summed E-state index contributed by atoms with van der Waals surface area (Å²) in [6, 6.07) is 11.0. The van der Waals surface area contributed by atoms with E-state index in [-0.39, 0.29) is 44.9 Å². The molecule has 2 fully saturated rings. The molecule has 6 rings (SSSR count). The van der Waals surface area contributed by atoms with E-state index in [1.807, 2.05) is 0 Å². The normalized spacial score (nSPS) is 17.4. The Bertz CT molecular complexity index is 1750. The topological polar surface area (TPSA) is 84.8 Å². The van der Waals surface area contributed by atoms with Crippen LogP contribution in [0.1, 0.15) is 6.42 Å². The van der Waals surface area contributed by atoms with Crippen LogP contribution in [-0.2, 0) is 4.79 Å². The van der Waals surface area contributed by atoms with Gasteiger partial charge in [-0.1, -0.05) is 42.4 Å². The molecule has 1 unspecified atom stereocenters. The van der Waals surface area contributed by atoms with E-state index < -0.39 is 24.6 Å². The Balaban J connectivity index is 1.57. The Morgan fingerprint density at radius 2 is 1.89 bits per heavy atom. The zero-order valence-corrected chi connectivity index (χ0v) is 24.3. The van der Waals surface area contributed by atoms with Crippen molar-refractivity contribution in [3.63, 3.8) is 0 Å². The molecule has 0 bridgehead atoms. The van der Waals surface area contributed by atoms with E-state index in [1.165, 1.54) is 18.2 Å². The van der Waals surface area contributed by atoms with Crippen molar-refractivity contribution in [2.75, 3.05) is 55.6 Å². The molecule has 1 atom stereocenters. The summed E-state index contributed by atoms with van der Waals surface area (Å²) in [5, 5.41) is 15.1.